The molecule has 0 aromatic heterocycles. The van der Waals surface area contributed by atoms with E-state index < -0.39 is 51.9 Å². The van der Waals surface area contributed by atoms with Crippen molar-refractivity contribution in [3.05, 3.63) is 89.5 Å². The van der Waals surface area contributed by atoms with Crippen LogP contribution in [0.1, 0.15) is 81.8 Å². The van der Waals surface area contributed by atoms with Crippen LogP contribution in [0.25, 0.3) is 0 Å². The number of carbonyl (C=O) groups is 4. The van der Waals surface area contributed by atoms with E-state index in [1.807, 2.05) is 42.5 Å². The van der Waals surface area contributed by atoms with E-state index in [1.54, 1.807) is 53.7 Å². The van der Waals surface area contributed by atoms with Gasteiger partial charge in [0, 0.05) is 13.1 Å². The normalized spacial score (nSPS) is 15.8. The molecule has 13 nitrogen and oxygen atoms in total. The zero-order valence-electron chi connectivity index (χ0n) is 30.3. The standard InChI is InChI=1S/C38H45N3O10S/c1-37(2,3)50-33(42)23-39-25-41(35(44)51-38(4,5)6)32-22-30(16-17-31(32)34(39)43)52(46,47)40-20-18-28(19-21-40)27-12-14-29(15-13-27)49-36(45)48-24-26-10-8-7-9-11-26/h7-17,22,28H,18-21,23-25H2,1-6H3. The first kappa shape index (κ1) is 38.3. The quantitative estimate of drug-likeness (QED) is 0.143. The Morgan fingerprint density at radius 3 is 2.08 bits per heavy atom. The first-order valence-corrected chi connectivity index (χ1v) is 18.5. The molecule has 2 heterocycles. The number of rotatable bonds is 8. The Morgan fingerprint density at radius 1 is 0.827 bits per heavy atom. The zero-order valence-corrected chi connectivity index (χ0v) is 31.1. The van der Waals surface area contributed by atoms with Crippen molar-refractivity contribution < 1.29 is 46.5 Å². The topological polar surface area (TPSA) is 149 Å². The van der Waals surface area contributed by atoms with Crippen molar-refractivity contribution in [3.8, 4) is 5.75 Å². The average Bonchev–Trinajstić information content (AvgIpc) is 3.07. The summed E-state index contributed by atoms with van der Waals surface area (Å²) in [5.74, 6) is -0.795. The minimum absolute atomic E-state index is 0.0511. The van der Waals surface area contributed by atoms with Gasteiger partial charge in [-0.2, -0.15) is 4.31 Å². The Labute approximate surface area is 304 Å². The number of benzene rings is 3. The molecule has 0 saturated carbocycles. The summed E-state index contributed by atoms with van der Waals surface area (Å²) in [4.78, 5) is 53.9. The number of hydrogen-bond donors (Lipinski definition) is 0. The van der Waals surface area contributed by atoms with Gasteiger partial charge in [0.15, 0.2) is 0 Å². The molecule has 52 heavy (non-hydrogen) atoms. The van der Waals surface area contributed by atoms with Gasteiger partial charge in [-0.3, -0.25) is 14.5 Å². The van der Waals surface area contributed by atoms with Crippen molar-refractivity contribution >= 4 is 39.8 Å². The van der Waals surface area contributed by atoms with E-state index in [0.29, 0.717) is 18.6 Å². The number of anilines is 1. The Kier molecular flexibility index (Phi) is 11.3. The monoisotopic (exact) mass is 735 g/mol. The van der Waals surface area contributed by atoms with Crippen LogP contribution in [0.4, 0.5) is 15.3 Å². The summed E-state index contributed by atoms with van der Waals surface area (Å²) in [7, 11) is -4.02. The lowest BCUT2D eigenvalue weighted by molar-refractivity contribution is -0.155. The van der Waals surface area contributed by atoms with Crippen LogP contribution in [-0.4, -0.2) is 79.3 Å². The van der Waals surface area contributed by atoms with Crippen molar-refractivity contribution in [1.29, 1.82) is 0 Å². The van der Waals surface area contributed by atoms with Crippen LogP contribution in [0.3, 0.4) is 0 Å². The zero-order chi connectivity index (χ0) is 37.8. The maximum Gasteiger partial charge on any atom is 0.514 e. The second-order valence-corrected chi connectivity index (χ2v) is 16.6. The van der Waals surface area contributed by atoms with Gasteiger partial charge in [0.05, 0.1) is 16.1 Å². The molecular formula is C38H45N3O10S. The third kappa shape index (κ3) is 9.68. The molecule has 5 rings (SSSR count). The van der Waals surface area contributed by atoms with Gasteiger partial charge in [0.2, 0.25) is 10.0 Å². The van der Waals surface area contributed by atoms with Crippen molar-refractivity contribution in [3.63, 3.8) is 0 Å². The maximum absolute atomic E-state index is 13.9. The van der Waals surface area contributed by atoms with Crippen molar-refractivity contribution in [2.24, 2.45) is 0 Å². The van der Waals surface area contributed by atoms with Crippen LogP contribution in [0, 0.1) is 0 Å². The molecule has 2 aliphatic rings. The van der Waals surface area contributed by atoms with E-state index in [2.05, 4.69) is 0 Å². The number of sulfonamides is 1. The molecule has 2 amide bonds. The van der Waals surface area contributed by atoms with Crippen molar-refractivity contribution in [2.45, 2.75) is 83.0 Å². The van der Waals surface area contributed by atoms with Crippen LogP contribution >= 0.6 is 0 Å². The highest BCUT2D eigenvalue weighted by molar-refractivity contribution is 7.89. The summed E-state index contributed by atoms with van der Waals surface area (Å²) in [6.45, 7) is 10.0. The Bertz CT molecular complexity index is 1890. The van der Waals surface area contributed by atoms with Gasteiger partial charge in [-0.1, -0.05) is 42.5 Å². The molecule has 0 spiro atoms. The lowest BCUT2D eigenvalue weighted by atomic mass is 9.90. The van der Waals surface area contributed by atoms with E-state index in [-0.39, 0.29) is 48.4 Å². The largest absolute Gasteiger partial charge is 0.514 e. The summed E-state index contributed by atoms with van der Waals surface area (Å²) in [6.07, 6.45) is -0.516. The van der Waals surface area contributed by atoms with Crippen LogP contribution in [0.15, 0.2) is 77.7 Å². The van der Waals surface area contributed by atoms with Crippen molar-refractivity contribution in [1.82, 2.24) is 9.21 Å². The predicted octanol–water partition coefficient (Wildman–Crippen LogP) is 6.47. The van der Waals surface area contributed by atoms with E-state index in [4.69, 9.17) is 18.9 Å². The van der Waals surface area contributed by atoms with Gasteiger partial charge in [-0.15, -0.1) is 0 Å². The molecule has 14 heteroatoms. The molecule has 0 N–H and O–H groups in total. The first-order valence-electron chi connectivity index (χ1n) is 17.0. The molecule has 278 valence electrons. The number of ether oxygens (including phenoxy) is 4. The van der Waals surface area contributed by atoms with Gasteiger partial charge in [0.1, 0.15) is 36.8 Å². The summed E-state index contributed by atoms with van der Waals surface area (Å²) in [5.41, 5.74) is 0.285. The molecular weight excluding hydrogens is 690 g/mol. The first-order chi connectivity index (χ1) is 24.4. The lowest BCUT2D eigenvalue weighted by Gasteiger charge is -2.37. The molecule has 0 aliphatic carbocycles. The number of hydrogen-bond acceptors (Lipinski definition) is 10. The Morgan fingerprint density at radius 2 is 1.46 bits per heavy atom. The fourth-order valence-electron chi connectivity index (χ4n) is 5.91. The molecule has 0 bridgehead atoms. The van der Waals surface area contributed by atoms with Crippen LogP contribution < -0.4 is 9.64 Å². The van der Waals surface area contributed by atoms with E-state index in [0.717, 1.165) is 20.9 Å². The number of piperidine rings is 1. The highest BCUT2D eigenvalue weighted by Crippen LogP contribution is 2.35. The number of fused-ring (bicyclic) bond motifs is 1. The van der Waals surface area contributed by atoms with Crippen LogP contribution in [-0.2, 0) is 35.6 Å². The molecule has 1 fully saturated rings. The number of esters is 1. The lowest BCUT2D eigenvalue weighted by Crippen LogP contribution is -2.52. The van der Waals surface area contributed by atoms with Crippen molar-refractivity contribution in [2.75, 3.05) is 31.2 Å². The minimum Gasteiger partial charge on any atom is -0.459 e. The highest BCUT2D eigenvalue weighted by Gasteiger charge is 2.38. The molecule has 0 radical (unpaired) electrons. The van der Waals surface area contributed by atoms with Gasteiger partial charge in [-0.05, 0) is 102 Å². The molecule has 1 saturated heterocycles. The summed E-state index contributed by atoms with van der Waals surface area (Å²) >= 11 is 0. The van der Waals surface area contributed by atoms with Crippen LogP contribution in [0.5, 0.6) is 5.75 Å². The fraction of sp³-hybridized carbons (Fsp3) is 0.421. The van der Waals surface area contributed by atoms with E-state index >= 15 is 0 Å². The summed E-state index contributed by atoms with van der Waals surface area (Å²) < 4.78 is 50.7. The summed E-state index contributed by atoms with van der Waals surface area (Å²) in [6, 6.07) is 20.4. The SMILES string of the molecule is CC(C)(C)OC(=O)CN1CN(C(=O)OC(C)(C)C)c2cc(S(=O)(=O)N3CCC(c4ccc(OC(=O)OCc5ccccc5)cc4)CC3)ccc2C1=O. The van der Waals surface area contributed by atoms with E-state index in [1.165, 1.54) is 22.5 Å². The van der Waals surface area contributed by atoms with Gasteiger partial charge in [0.25, 0.3) is 5.91 Å². The second kappa shape index (κ2) is 15.3. The van der Waals surface area contributed by atoms with Gasteiger partial charge >= 0.3 is 18.2 Å². The molecule has 3 aromatic rings. The smallest absolute Gasteiger partial charge is 0.459 e. The molecule has 0 atom stereocenters. The third-order valence-corrected chi connectivity index (χ3v) is 10.2. The molecule has 3 aromatic carbocycles. The predicted molar refractivity (Wildman–Crippen MR) is 191 cm³/mol. The van der Waals surface area contributed by atoms with Crippen LogP contribution in [0.2, 0.25) is 0 Å². The number of amides is 2. The fourth-order valence-corrected chi connectivity index (χ4v) is 7.40. The molecule has 0 unspecified atom stereocenters. The number of nitrogens with zero attached hydrogens (tertiary/aromatic N) is 3. The third-order valence-electron chi connectivity index (χ3n) is 8.29. The highest BCUT2D eigenvalue weighted by atomic mass is 32.2. The second-order valence-electron chi connectivity index (χ2n) is 14.7. The summed E-state index contributed by atoms with van der Waals surface area (Å²) in [5, 5.41) is 0. The van der Waals surface area contributed by atoms with E-state index in [9.17, 15) is 27.6 Å². The van der Waals surface area contributed by atoms with Gasteiger partial charge < -0.3 is 23.8 Å². The maximum atomic E-state index is 13.9. The van der Waals surface area contributed by atoms with Gasteiger partial charge in [-0.25, -0.2) is 18.0 Å². The Hall–Kier alpha value is -4.95. The average molecular weight is 736 g/mol. The Balaban J connectivity index is 1.25. The minimum atomic E-state index is -4.02. The molecule has 2 aliphatic heterocycles. The number of carbonyl (C=O) groups excluding carboxylic acids is 4.